The van der Waals surface area contributed by atoms with Gasteiger partial charge in [0, 0.05) is 36.1 Å². The molecular formula is C19H31N3O. The highest BCUT2D eigenvalue weighted by Crippen LogP contribution is 2.31. The first kappa shape index (κ1) is 16.6. The lowest BCUT2D eigenvalue weighted by Crippen LogP contribution is -2.47. The number of carbonyl (C=O) groups is 1. The van der Waals surface area contributed by atoms with Gasteiger partial charge in [-0.3, -0.25) is 4.79 Å². The van der Waals surface area contributed by atoms with E-state index >= 15 is 0 Å². The summed E-state index contributed by atoms with van der Waals surface area (Å²) in [4.78, 5) is 17.8. The molecule has 4 heteroatoms. The first-order valence-electron chi connectivity index (χ1n) is 9.11. The first-order chi connectivity index (χ1) is 10.9. The molecule has 0 saturated carbocycles. The molecule has 0 radical (unpaired) electrons. The van der Waals surface area contributed by atoms with Crippen molar-refractivity contribution in [3.05, 3.63) is 23.0 Å². The van der Waals surface area contributed by atoms with Gasteiger partial charge in [-0.25, -0.2) is 0 Å². The van der Waals surface area contributed by atoms with Crippen LogP contribution in [0.1, 0.15) is 67.3 Å². The zero-order valence-electron chi connectivity index (χ0n) is 15.3. The molecule has 2 fully saturated rings. The average Bonchev–Trinajstić information content (AvgIpc) is 3.16. The second-order valence-corrected chi connectivity index (χ2v) is 7.65. The number of amides is 1. The summed E-state index contributed by atoms with van der Waals surface area (Å²) in [6.07, 6.45) is 4.80. The minimum Gasteiger partial charge on any atom is -0.346 e. The Balaban J connectivity index is 1.86. The van der Waals surface area contributed by atoms with Gasteiger partial charge in [0.25, 0.3) is 5.91 Å². The van der Waals surface area contributed by atoms with Gasteiger partial charge in [-0.05, 0) is 73.0 Å². The molecule has 1 aromatic rings. The van der Waals surface area contributed by atoms with Gasteiger partial charge in [0.05, 0.1) is 5.56 Å². The van der Waals surface area contributed by atoms with Crippen LogP contribution in [0, 0.1) is 13.8 Å². The van der Waals surface area contributed by atoms with Crippen molar-refractivity contribution in [2.75, 3.05) is 20.1 Å². The molecule has 2 atom stereocenters. The van der Waals surface area contributed by atoms with E-state index in [1.165, 1.54) is 25.1 Å². The van der Waals surface area contributed by atoms with Crippen molar-refractivity contribution < 1.29 is 4.79 Å². The molecule has 0 aromatic carbocycles. The van der Waals surface area contributed by atoms with Gasteiger partial charge in [0.2, 0.25) is 0 Å². The maximum atomic E-state index is 13.2. The predicted molar refractivity (Wildman–Crippen MR) is 94.0 cm³/mol. The number of aromatic nitrogens is 1. The summed E-state index contributed by atoms with van der Waals surface area (Å²) in [5.74, 6) is 0.243. The quantitative estimate of drug-likeness (QED) is 0.855. The molecule has 1 amide bonds. The number of likely N-dealkylation sites (tertiary alicyclic amines) is 2. The van der Waals surface area contributed by atoms with E-state index < -0.39 is 0 Å². The fourth-order valence-electron chi connectivity index (χ4n) is 4.81. The molecule has 23 heavy (non-hydrogen) atoms. The molecule has 0 N–H and O–H groups in total. The summed E-state index contributed by atoms with van der Waals surface area (Å²) in [6.45, 7) is 10.6. The number of carbonyl (C=O) groups excluding carboxylic acids is 1. The third-order valence-corrected chi connectivity index (χ3v) is 5.81. The molecule has 1 aromatic heterocycles. The number of nitrogens with zero attached hydrogens (tertiary/aromatic N) is 3. The second kappa shape index (κ2) is 6.31. The SMILES string of the molecule is Cc1cc(C(=O)N2CCC[C@@H]2[C@H]2CCCN2C)c(C)n1C(C)C. The van der Waals surface area contributed by atoms with E-state index in [0.717, 1.165) is 30.6 Å². The standard InChI is InChI=1S/C19H31N3O/c1-13(2)22-14(3)12-16(15(22)4)19(23)21-11-7-9-18(21)17-8-6-10-20(17)5/h12-13,17-18H,6-11H2,1-5H3/t17-,18-/m1/s1. The first-order valence-corrected chi connectivity index (χ1v) is 9.11. The van der Waals surface area contributed by atoms with E-state index in [4.69, 9.17) is 0 Å². The highest BCUT2D eigenvalue weighted by atomic mass is 16.2. The van der Waals surface area contributed by atoms with E-state index in [1.807, 2.05) is 0 Å². The van der Waals surface area contributed by atoms with Gasteiger partial charge in [-0.1, -0.05) is 0 Å². The summed E-state index contributed by atoms with van der Waals surface area (Å²) in [5.41, 5.74) is 3.21. The Hall–Kier alpha value is -1.29. The summed E-state index contributed by atoms with van der Waals surface area (Å²) in [5, 5.41) is 0. The van der Waals surface area contributed by atoms with Crippen LogP contribution < -0.4 is 0 Å². The maximum absolute atomic E-state index is 13.2. The van der Waals surface area contributed by atoms with E-state index in [1.54, 1.807) is 0 Å². The van der Waals surface area contributed by atoms with E-state index in [9.17, 15) is 4.79 Å². The topological polar surface area (TPSA) is 28.5 Å². The summed E-state index contributed by atoms with van der Waals surface area (Å²) >= 11 is 0. The van der Waals surface area contributed by atoms with Crippen molar-refractivity contribution in [2.45, 2.75) is 71.5 Å². The monoisotopic (exact) mass is 317 g/mol. The van der Waals surface area contributed by atoms with Crippen molar-refractivity contribution in [2.24, 2.45) is 0 Å². The Morgan fingerprint density at radius 2 is 1.78 bits per heavy atom. The van der Waals surface area contributed by atoms with Gasteiger partial charge in [-0.15, -0.1) is 0 Å². The van der Waals surface area contributed by atoms with Crippen molar-refractivity contribution in [3.63, 3.8) is 0 Å². The van der Waals surface area contributed by atoms with Gasteiger partial charge >= 0.3 is 0 Å². The molecule has 2 saturated heterocycles. The Kier molecular flexibility index (Phi) is 4.54. The van der Waals surface area contributed by atoms with Crippen LogP contribution in [0.4, 0.5) is 0 Å². The number of hydrogen-bond donors (Lipinski definition) is 0. The molecule has 128 valence electrons. The van der Waals surface area contributed by atoms with Gasteiger partial charge < -0.3 is 14.4 Å². The molecule has 3 heterocycles. The van der Waals surface area contributed by atoms with Crippen LogP contribution in [0.3, 0.4) is 0 Å². The van der Waals surface area contributed by atoms with E-state index in [0.29, 0.717) is 18.1 Å². The fraction of sp³-hybridized carbons (Fsp3) is 0.737. The second-order valence-electron chi connectivity index (χ2n) is 7.65. The lowest BCUT2D eigenvalue weighted by molar-refractivity contribution is 0.0663. The van der Waals surface area contributed by atoms with Crippen LogP contribution in [0.15, 0.2) is 6.07 Å². The van der Waals surface area contributed by atoms with Crippen molar-refractivity contribution in [1.82, 2.24) is 14.4 Å². The third-order valence-electron chi connectivity index (χ3n) is 5.81. The minimum absolute atomic E-state index is 0.243. The Morgan fingerprint density at radius 1 is 1.13 bits per heavy atom. The summed E-state index contributed by atoms with van der Waals surface area (Å²) < 4.78 is 2.28. The highest BCUT2D eigenvalue weighted by molar-refractivity contribution is 5.96. The number of rotatable bonds is 3. The third kappa shape index (κ3) is 2.82. The molecule has 0 bridgehead atoms. The zero-order valence-corrected chi connectivity index (χ0v) is 15.3. The molecule has 2 aliphatic heterocycles. The maximum Gasteiger partial charge on any atom is 0.255 e. The van der Waals surface area contributed by atoms with E-state index in [2.05, 4.69) is 55.2 Å². The molecular weight excluding hydrogens is 286 g/mol. The smallest absolute Gasteiger partial charge is 0.255 e. The molecule has 2 aliphatic rings. The van der Waals surface area contributed by atoms with Crippen LogP contribution in [0.5, 0.6) is 0 Å². The van der Waals surface area contributed by atoms with Crippen molar-refractivity contribution >= 4 is 5.91 Å². The van der Waals surface area contributed by atoms with Crippen LogP contribution in [-0.2, 0) is 0 Å². The summed E-state index contributed by atoms with van der Waals surface area (Å²) in [6, 6.07) is 3.44. The lowest BCUT2D eigenvalue weighted by Gasteiger charge is -2.33. The lowest BCUT2D eigenvalue weighted by atomic mass is 10.0. The van der Waals surface area contributed by atoms with Gasteiger partial charge in [-0.2, -0.15) is 0 Å². The fourth-order valence-corrected chi connectivity index (χ4v) is 4.81. The average molecular weight is 317 g/mol. The highest BCUT2D eigenvalue weighted by Gasteiger charge is 2.39. The normalized spacial score (nSPS) is 25.7. The molecule has 4 nitrogen and oxygen atoms in total. The molecule has 3 rings (SSSR count). The molecule has 0 unspecified atom stereocenters. The van der Waals surface area contributed by atoms with Gasteiger partial charge in [0.1, 0.15) is 0 Å². The largest absolute Gasteiger partial charge is 0.346 e. The number of hydrogen-bond acceptors (Lipinski definition) is 2. The van der Waals surface area contributed by atoms with Crippen molar-refractivity contribution in [1.29, 1.82) is 0 Å². The Labute approximate surface area is 140 Å². The van der Waals surface area contributed by atoms with Crippen LogP contribution in [-0.4, -0.2) is 52.5 Å². The number of aryl methyl sites for hydroxylation is 1. The Bertz CT molecular complexity index is 590. The van der Waals surface area contributed by atoms with Crippen LogP contribution in [0.25, 0.3) is 0 Å². The Morgan fingerprint density at radius 3 is 2.35 bits per heavy atom. The van der Waals surface area contributed by atoms with Crippen LogP contribution >= 0.6 is 0 Å². The zero-order chi connectivity index (χ0) is 16.7. The predicted octanol–water partition coefficient (Wildman–Crippen LogP) is 3.38. The molecule has 0 aliphatic carbocycles. The van der Waals surface area contributed by atoms with E-state index in [-0.39, 0.29) is 5.91 Å². The molecule has 0 spiro atoms. The number of likely N-dealkylation sites (N-methyl/N-ethyl adjacent to an activating group) is 1. The van der Waals surface area contributed by atoms with Gasteiger partial charge in [0.15, 0.2) is 0 Å². The minimum atomic E-state index is 0.243. The van der Waals surface area contributed by atoms with Crippen molar-refractivity contribution in [3.8, 4) is 0 Å². The summed E-state index contributed by atoms with van der Waals surface area (Å²) in [7, 11) is 2.21. The van der Waals surface area contributed by atoms with Crippen LogP contribution in [0.2, 0.25) is 0 Å².